The first kappa shape index (κ1) is 18.7. The van der Waals surface area contributed by atoms with E-state index in [2.05, 4.69) is 6.58 Å². The molecular weight excluding hydrogens is 360 g/mol. The number of rotatable bonds is 6. The Hall–Kier alpha value is -3.63. The second-order valence-electron chi connectivity index (χ2n) is 6.70. The van der Waals surface area contributed by atoms with Crippen LogP contribution < -0.4 is 0 Å². The molecule has 0 aliphatic heterocycles. The molecule has 1 N–H and O–H groups in total. The number of aromatic nitrogens is 2. The summed E-state index contributed by atoms with van der Waals surface area (Å²) in [6, 6.07) is 29.2. The molecule has 0 bridgehead atoms. The van der Waals surface area contributed by atoms with E-state index in [0.717, 1.165) is 16.7 Å². The molecule has 1 aromatic heterocycles. The summed E-state index contributed by atoms with van der Waals surface area (Å²) in [6.45, 7) is 4.25. The Bertz CT molecular complexity index is 1100. The van der Waals surface area contributed by atoms with Crippen molar-refractivity contribution in [1.82, 2.24) is 9.78 Å². The van der Waals surface area contributed by atoms with Crippen LogP contribution in [-0.2, 0) is 4.74 Å². The van der Waals surface area contributed by atoms with Crippen molar-refractivity contribution in [2.45, 2.75) is 6.10 Å². The van der Waals surface area contributed by atoms with Crippen LogP contribution in [0.5, 0.6) is 5.75 Å². The van der Waals surface area contributed by atoms with Gasteiger partial charge >= 0.3 is 0 Å². The number of ether oxygens (including phenoxy) is 1. The van der Waals surface area contributed by atoms with E-state index in [0.29, 0.717) is 17.1 Å². The van der Waals surface area contributed by atoms with Crippen molar-refractivity contribution in [2.75, 3.05) is 7.11 Å². The number of methoxy groups -OCH3 is 1. The number of nitrogens with zero attached hydrogens (tertiary/aromatic N) is 2. The fourth-order valence-corrected chi connectivity index (χ4v) is 3.44. The second-order valence-corrected chi connectivity index (χ2v) is 6.70. The van der Waals surface area contributed by atoms with Gasteiger partial charge in [0.15, 0.2) is 5.75 Å². The molecule has 1 heterocycles. The summed E-state index contributed by atoms with van der Waals surface area (Å²) in [7, 11) is 1.63. The molecule has 1 unspecified atom stereocenters. The number of benzene rings is 3. The fraction of sp³-hybridized carbons (Fsp3) is 0.0800. The lowest BCUT2D eigenvalue weighted by Gasteiger charge is -2.19. The van der Waals surface area contributed by atoms with Gasteiger partial charge in [-0.1, -0.05) is 97.6 Å². The Morgan fingerprint density at radius 3 is 2.03 bits per heavy atom. The Balaban J connectivity index is 1.92. The van der Waals surface area contributed by atoms with Crippen molar-refractivity contribution in [3.05, 3.63) is 114 Å². The number of hydrogen-bond acceptors (Lipinski definition) is 3. The van der Waals surface area contributed by atoms with Crippen LogP contribution in [0.15, 0.2) is 97.6 Å². The highest BCUT2D eigenvalue weighted by atomic mass is 16.5. The minimum absolute atomic E-state index is 0.0870. The van der Waals surface area contributed by atoms with E-state index in [1.807, 2.05) is 91.0 Å². The Morgan fingerprint density at radius 2 is 1.45 bits per heavy atom. The van der Waals surface area contributed by atoms with Crippen molar-refractivity contribution in [3.8, 4) is 17.0 Å². The largest absolute Gasteiger partial charge is 0.504 e. The molecule has 0 radical (unpaired) electrons. The maximum absolute atomic E-state index is 11.2. The van der Waals surface area contributed by atoms with Crippen molar-refractivity contribution >= 4 is 5.70 Å². The minimum atomic E-state index is -0.498. The normalized spacial score (nSPS) is 11.9. The third-order valence-corrected chi connectivity index (χ3v) is 4.89. The number of aromatic hydroxyl groups is 1. The molecule has 0 spiro atoms. The van der Waals surface area contributed by atoms with E-state index in [9.17, 15) is 5.11 Å². The van der Waals surface area contributed by atoms with Gasteiger partial charge in [-0.05, 0) is 11.1 Å². The Labute approximate surface area is 170 Å². The average Bonchev–Trinajstić information content (AvgIpc) is 3.13. The van der Waals surface area contributed by atoms with Gasteiger partial charge in [-0.15, -0.1) is 0 Å². The van der Waals surface area contributed by atoms with E-state index in [1.54, 1.807) is 11.8 Å². The monoisotopic (exact) mass is 382 g/mol. The van der Waals surface area contributed by atoms with E-state index >= 15 is 0 Å². The van der Waals surface area contributed by atoms with Gasteiger partial charge in [0.25, 0.3) is 0 Å². The fourth-order valence-electron chi connectivity index (χ4n) is 3.44. The molecule has 29 heavy (non-hydrogen) atoms. The molecule has 0 aliphatic rings. The lowest BCUT2D eigenvalue weighted by molar-refractivity contribution is 0.128. The summed E-state index contributed by atoms with van der Waals surface area (Å²) < 4.78 is 7.51. The zero-order chi connectivity index (χ0) is 20.2. The third-order valence-electron chi connectivity index (χ3n) is 4.89. The molecule has 1 atom stereocenters. The maximum atomic E-state index is 11.2. The Kier molecular flexibility index (Phi) is 5.27. The summed E-state index contributed by atoms with van der Waals surface area (Å²) in [5.41, 5.74) is 4.37. The quantitative estimate of drug-likeness (QED) is 0.478. The molecule has 0 aliphatic carbocycles. The van der Waals surface area contributed by atoms with Crippen LogP contribution in [0.25, 0.3) is 17.0 Å². The molecule has 4 heteroatoms. The minimum Gasteiger partial charge on any atom is -0.504 e. The van der Waals surface area contributed by atoms with Crippen LogP contribution in [0.2, 0.25) is 0 Å². The van der Waals surface area contributed by atoms with Crippen molar-refractivity contribution in [1.29, 1.82) is 0 Å². The molecule has 3 aromatic carbocycles. The van der Waals surface area contributed by atoms with Gasteiger partial charge < -0.3 is 9.84 Å². The standard InChI is InChI=1S/C25H22N2O2/c1-18(19-12-6-3-7-13-19)27-23(25(29-2)21-16-10-5-11-17-21)24(28)22(26-27)20-14-8-4-9-15-20/h3-17,25,28H,1H2,2H3. The first-order valence-corrected chi connectivity index (χ1v) is 9.40. The van der Waals surface area contributed by atoms with Crippen LogP contribution in [0, 0.1) is 0 Å². The van der Waals surface area contributed by atoms with Gasteiger partial charge in [-0.3, -0.25) is 0 Å². The molecule has 0 saturated carbocycles. The lowest BCUT2D eigenvalue weighted by Crippen LogP contribution is -2.12. The number of hydrogen-bond donors (Lipinski definition) is 1. The van der Waals surface area contributed by atoms with Crippen LogP contribution in [0.1, 0.15) is 22.9 Å². The predicted molar refractivity (Wildman–Crippen MR) is 115 cm³/mol. The first-order valence-electron chi connectivity index (χ1n) is 9.40. The average molecular weight is 382 g/mol. The maximum Gasteiger partial charge on any atom is 0.168 e. The zero-order valence-corrected chi connectivity index (χ0v) is 16.2. The summed E-state index contributed by atoms with van der Waals surface area (Å²) >= 11 is 0. The van der Waals surface area contributed by atoms with Gasteiger partial charge in [0.1, 0.15) is 17.5 Å². The molecule has 144 valence electrons. The van der Waals surface area contributed by atoms with Gasteiger partial charge in [-0.2, -0.15) is 5.10 Å². The van der Waals surface area contributed by atoms with Crippen molar-refractivity contribution in [2.24, 2.45) is 0 Å². The van der Waals surface area contributed by atoms with E-state index in [4.69, 9.17) is 9.84 Å². The van der Waals surface area contributed by atoms with Crippen LogP contribution >= 0.6 is 0 Å². The molecule has 4 nitrogen and oxygen atoms in total. The van der Waals surface area contributed by atoms with Crippen molar-refractivity contribution < 1.29 is 9.84 Å². The first-order chi connectivity index (χ1) is 14.2. The third kappa shape index (κ3) is 3.58. The topological polar surface area (TPSA) is 47.3 Å². The highest BCUT2D eigenvalue weighted by Gasteiger charge is 2.28. The molecule has 4 aromatic rings. The van der Waals surface area contributed by atoms with Gasteiger partial charge in [0, 0.05) is 12.7 Å². The highest BCUT2D eigenvalue weighted by Crippen LogP contribution is 2.40. The van der Waals surface area contributed by atoms with Crippen LogP contribution in [0.4, 0.5) is 0 Å². The lowest BCUT2D eigenvalue weighted by atomic mass is 10.0. The summed E-state index contributed by atoms with van der Waals surface area (Å²) in [6.07, 6.45) is -0.498. The molecule has 0 amide bonds. The molecular formula is C25H22N2O2. The van der Waals surface area contributed by atoms with Crippen molar-refractivity contribution in [3.63, 3.8) is 0 Å². The molecule has 0 saturated heterocycles. The highest BCUT2D eigenvalue weighted by molar-refractivity contribution is 5.72. The second kappa shape index (κ2) is 8.17. The SMILES string of the molecule is C=C(c1ccccc1)n1nc(-c2ccccc2)c(O)c1C(OC)c1ccccc1. The summed E-state index contributed by atoms with van der Waals surface area (Å²) in [5, 5.41) is 16.0. The van der Waals surface area contributed by atoms with Gasteiger partial charge in [0.2, 0.25) is 0 Å². The van der Waals surface area contributed by atoms with Gasteiger partial charge in [-0.25, -0.2) is 4.68 Å². The van der Waals surface area contributed by atoms with Crippen LogP contribution in [-0.4, -0.2) is 22.0 Å². The summed E-state index contributed by atoms with van der Waals surface area (Å²) in [5.74, 6) is 0.0870. The van der Waals surface area contributed by atoms with E-state index in [1.165, 1.54) is 0 Å². The predicted octanol–water partition coefficient (Wildman–Crippen LogP) is 5.51. The molecule has 0 fully saturated rings. The molecule has 4 rings (SSSR count). The van der Waals surface area contributed by atoms with Gasteiger partial charge in [0.05, 0.1) is 5.70 Å². The summed E-state index contributed by atoms with van der Waals surface area (Å²) in [4.78, 5) is 0. The zero-order valence-electron chi connectivity index (χ0n) is 16.2. The van der Waals surface area contributed by atoms with Crippen LogP contribution in [0.3, 0.4) is 0 Å². The Morgan fingerprint density at radius 1 is 0.897 bits per heavy atom. The smallest absolute Gasteiger partial charge is 0.168 e. The van der Waals surface area contributed by atoms with E-state index < -0.39 is 6.10 Å². The van der Waals surface area contributed by atoms with E-state index in [-0.39, 0.29) is 5.75 Å².